The van der Waals surface area contributed by atoms with Crippen molar-refractivity contribution in [3.05, 3.63) is 133 Å². The minimum atomic E-state index is 0.849. The second-order valence-corrected chi connectivity index (χ2v) is 10.3. The molecule has 0 bridgehead atoms. The number of nitrogens with zero attached hydrogens (tertiary/aromatic N) is 2. The Kier molecular flexibility index (Phi) is 5.96. The summed E-state index contributed by atoms with van der Waals surface area (Å²) in [5.41, 5.74) is 8.31. The van der Waals surface area contributed by atoms with Gasteiger partial charge in [0.1, 0.15) is 11.6 Å². The maximum Gasteiger partial charge on any atom is 0.148 e. The van der Waals surface area contributed by atoms with Crippen molar-refractivity contribution in [2.24, 2.45) is 0 Å². The lowest BCUT2D eigenvalue weighted by atomic mass is 10.1. The summed E-state index contributed by atoms with van der Waals surface area (Å²) in [5, 5.41) is 0. The van der Waals surface area contributed by atoms with Crippen molar-refractivity contribution in [1.29, 1.82) is 0 Å². The molecule has 7 aromatic rings. The quantitative estimate of drug-likeness (QED) is 0.230. The smallest absolute Gasteiger partial charge is 0.148 e. The number of nitrogens with one attached hydrogen (secondary N) is 2. The monoisotopic (exact) mass is 520 g/mol. The molecule has 0 unspecified atom stereocenters. The zero-order valence-corrected chi connectivity index (χ0v) is 21.8. The molecule has 2 N–H and O–H groups in total. The molecule has 0 aliphatic heterocycles. The van der Waals surface area contributed by atoms with Gasteiger partial charge in [-0.05, 0) is 12.1 Å². The van der Waals surface area contributed by atoms with Gasteiger partial charge in [-0.1, -0.05) is 121 Å². The lowest BCUT2D eigenvalue weighted by Gasteiger charge is -2.02. The van der Waals surface area contributed by atoms with Crippen LogP contribution >= 0.6 is 11.3 Å². The van der Waals surface area contributed by atoms with Crippen molar-refractivity contribution in [2.75, 3.05) is 0 Å². The SMILES string of the molecule is c1ccc(-c2nc(-c3ccc(-c4nc(-c5ccccc5)c(-c5ccccc5)[nH]4)s3)[nH]c2-c2ccccc2)cc1. The molecule has 5 heteroatoms. The van der Waals surface area contributed by atoms with E-state index in [2.05, 4.69) is 94.9 Å². The number of H-pyrrole nitrogens is 2. The molecule has 4 nitrogen and oxygen atoms in total. The van der Waals surface area contributed by atoms with E-state index in [4.69, 9.17) is 9.97 Å². The Bertz CT molecular complexity index is 1580. The molecule has 0 radical (unpaired) electrons. The molecular weight excluding hydrogens is 496 g/mol. The molecule has 0 fully saturated rings. The average Bonchev–Trinajstić information content (AvgIpc) is 3.77. The molecule has 0 amide bonds. The third-order valence-electron chi connectivity index (χ3n) is 6.70. The number of aromatic nitrogens is 4. The molecule has 39 heavy (non-hydrogen) atoms. The van der Waals surface area contributed by atoms with E-state index in [-0.39, 0.29) is 0 Å². The van der Waals surface area contributed by atoms with E-state index in [1.165, 1.54) is 0 Å². The van der Waals surface area contributed by atoms with Crippen molar-refractivity contribution < 1.29 is 0 Å². The van der Waals surface area contributed by atoms with Gasteiger partial charge in [0, 0.05) is 22.3 Å². The molecule has 186 valence electrons. The molecule has 0 saturated heterocycles. The van der Waals surface area contributed by atoms with Crippen LogP contribution in [0.2, 0.25) is 0 Å². The standard InChI is InChI=1S/C34H24N4S/c1-5-13-23(14-6-1)29-30(24-15-7-2-8-16-24)36-33(35-29)27-21-22-28(39-27)34-37-31(25-17-9-3-10-18-25)32(38-34)26-19-11-4-12-20-26/h1-22H,(H,35,36)(H,37,38). The fourth-order valence-corrected chi connectivity index (χ4v) is 5.71. The second-order valence-electron chi connectivity index (χ2n) is 9.25. The molecule has 0 aliphatic rings. The van der Waals surface area contributed by atoms with Crippen molar-refractivity contribution in [1.82, 2.24) is 19.9 Å². The van der Waals surface area contributed by atoms with E-state index in [0.717, 1.165) is 66.4 Å². The van der Waals surface area contributed by atoms with Gasteiger partial charge in [-0.25, -0.2) is 9.97 Å². The first-order valence-electron chi connectivity index (χ1n) is 12.9. The van der Waals surface area contributed by atoms with Gasteiger partial charge in [-0.2, -0.15) is 0 Å². The fourth-order valence-electron chi connectivity index (χ4n) is 4.81. The van der Waals surface area contributed by atoms with Crippen LogP contribution in [0.4, 0.5) is 0 Å². The predicted octanol–water partition coefficient (Wildman–Crippen LogP) is 9.20. The van der Waals surface area contributed by atoms with E-state index >= 15 is 0 Å². The molecule has 0 spiro atoms. The summed E-state index contributed by atoms with van der Waals surface area (Å²) in [6.07, 6.45) is 0. The first-order chi connectivity index (χ1) is 19.3. The highest BCUT2D eigenvalue weighted by Gasteiger charge is 2.19. The summed E-state index contributed by atoms with van der Waals surface area (Å²) in [7, 11) is 0. The van der Waals surface area contributed by atoms with Crippen LogP contribution in [0.5, 0.6) is 0 Å². The highest BCUT2D eigenvalue weighted by Crippen LogP contribution is 2.39. The van der Waals surface area contributed by atoms with E-state index < -0.39 is 0 Å². The molecule has 0 saturated carbocycles. The minimum Gasteiger partial charge on any atom is -0.337 e. The maximum absolute atomic E-state index is 5.08. The molecular formula is C34H24N4S. The number of benzene rings is 4. The first kappa shape index (κ1) is 23.1. The lowest BCUT2D eigenvalue weighted by molar-refractivity contribution is 1.33. The van der Waals surface area contributed by atoms with E-state index in [1.54, 1.807) is 11.3 Å². The maximum atomic E-state index is 5.08. The molecule has 0 aliphatic carbocycles. The number of thiophene rings is 1. The van der Waals surface area contributed by atoms with Crippen LogP contribution < -0.4 is 0 Å². The van der Waals surface area contributed by atoms with Crippen molar-refractivity contribution in [3.8, 4) is 66.4 Å². The van der Waals surface area contributed by atoms with Gasteiger partial charge in [0.05, 0.1) is 32.5 Å². The Balaban J connectivity index is 1.31. The molecule has 4 aromatic carbocycles. The van der Waals surface area contributed by atoms with Crippen molar-refractivity contribution in [3.63, 3.8) is 0 Å². The summed E-state index contributed by atoms with van der Waals surface area (Å²) in [5.74, 6) is 1.70. The Morgan fingerprint density at radius 2 is 0.718 bits per heavy atom. The molecule has 3 heterocycles. The fraction of sp³-hybridized carbons (Fsp3) is 0. The normalized spacial score (nSPS) is 11.1. The number of aromatic amines is 2. The van der Waals surface area contributed by atoms with E-state index in [0.29, 0.717) is 0 Å². The number of hydrogen-bond donors (Lipinski definition) is 2. The number of rotatable bonds is 6. The van der Waals surface area contributed by atoms with Crippen molar-refractivity contribution >= 4 is 11.3 Å². The van der Waals surface area contributed by atoms with Gasteiger partial charge in [0.2, 0.25) is 0 Å². The topological polar surface area (TPSA) is 57.4 Å². The predicted molar refractivity (Wildman–Crippen MR) is 161 cm³/mol. The highest BCUT2D eigenvalue weighted by molar-refractivity contribution is 7.18. The van der Waals surface area contributed by atoms with Crippen LogP contribution in [-0.4, -0.2) is 19.9 Å². The Labute approximate surface area is 230 Å². The van der Waals surface area contributed by atoms with Gasteiger partial charge < -0.3 is 9.97 Å². The minimum absolute atomic E-state index is 0.849. The van der Waals surface area contributed by atoms with Gasteiger partial charge in [0.15, 0.2) is 0 Å². The summed E-state index contributed by atoms with van der Waals surface area (Å²) in [4.78, 5) is 19.5. The first-order valence-corrected chi connectivity index (χ1v) is 13.7. The van der Waals surface area contributed by atoms with Crippen LogP contribution in [-0.2, 0) is 0 Å². The zero-order chi connectivity index (χ0) is 26.0. The zero-order valence-electron chi connectivity index (χ0n) is 21.0. The summed E-state index contributed by atoms with van der Waals surface area (Å²) < 4.78 is 0. The van der Waals surface area contributed by atoms with Crippen LogP contribution in [0.3, 0.4) is 0 Å². The Morgan fingerprint density at radius 1 is 0.385 bits per heavy atom. The van der Waals surface area contributed by atoms with Crippen LogP contribution in [0.1, 0.15) is 0 Å². The molecule has 3 aromatic heterocycles. The van der Waals surface area contributed by atoms with Crippen LogP contribution in [0.25, 0.3) is 66.4 Å². The van der Waals surface area contributed by atoms with Gasteiger partial charge in [-0.15, -0.1) is 11.3 Å². The average molecular weight is 521 g/mol. The van der Waals surface area contributed by atoms with E-state index in [9.17, 15) is 0 Å². The third kappa shape index (κ3) is 4.49. The van der Waals surface area contributed by atoms with Gasteiger partial charge in [-0.3, -0.25) is 0 Å². The van der Waals surface area contributed by atoms with Crippen LogP contribution in [0.15, 0.2) is 133 Å². The Hall–Kier alpha value is -5.00. The third-order valence-corrected chi connectivity index (χ3v) is 7.80. The summed E-state index contributed by atoms with van der Waals surface area (Å²) >= 11 is 1.68. The Morgan fingerprint density at radius 3 is 1.08 bits per heavy atom. The second kappa shape index (κ2) is 10.0. The van der Waals surface area contributed by atoms with Gasteiger partial charge in [0.25, 0.3) is 0 Å². The molecule has 7 rings (SSSR count). The van der Waals surface area contributed by atoms with Crippen molar-refractivity contribution in [2.45, 2.75) is 0 Å². The number of hydrogen-bond acceptors (Lipinski definition) is 3. The summed E-state index contributed by atoms with van der Waals surface area (Å²) in [6.45, 7) is 0. The summed E-state index contributed by atoms with van der Waals surface area (Å²) in [6, 6.07) is 45.6. The lowest BCUT2D eigenvalue weighted by Crippen LogP contribution is -1.82. The van der Waals surface area contributed by atoms with Gasteiger partial charge >= 0.3 is 0 Å². The highest BCUT2D eigenvalue weighted by atomic mass is 32.1. The largest absolute Gasteiger partial charge is 0.337 e. The number of imidazole rings is 2. The van der Waals surface area contributed by atoms with Crippen LogP contribution in [0, 0.1) is 0 Å². The molecule has 0 atom stereocenters. The van der Waals surface area contributed by atoms with E-state index in [1.807, 2.05) is 48.5 Å².